The normalized spacial score (nSPS) is 12.2. The van der Waals surface area contributed by atoms with Crippen molar-refractivity contribution in [2.45, 2.75) is 38.6 Å². The maximum absolute atomic E-state index is 13.4. The summed E-state index contributed by atoms with van der Waals surface area (Å²) < 4.78 is 161. The Morgan fingerprint density at radius 2 is 0.776 bits per heavy atom. The third-order valence-corrected chi connectivity index (χ3v) is 13.7. The summed E-state index contributed by atoms with van der Waals surface area (Å²) in [7, 11) is 10.7. The van der Waals surface area contributed by atoms with E-state index >= 15 is 0 Å². The van der Waals surface area contributed by atoms with Crippen LogP contribution in [0, 0.1) is 19.9 Å². The zero-order valence-electron chi connectivity index (χ0n) is 39.7. The van der Waals surface area contributed by atoms with Crippen LogP contribution in [0.4, 0.5) is 52.7 Å². The van der Waals surface area contributed by atoms with Gasteiger partial charge in [0, 0.05) is 0 Å². The van der Waals surface area contributed by atoms with Gasteiger partial charge in [0.2, 0.25) is 0 Å². The molecule has 0 fully saturated rings. The fourth-order valence-corrected chi connectivity index (χ4v) is 10.4. The van der Waals surface area contributed by atoms with Gasteiger partial charge >= 0.3 is 62.6 Å². The molecular weight excluding hydrogens is 1140 g/mol. The first-order chi connectivity index (χ1) is 35.9. The van der Waals surface area contributed by atoms with Gasteiger partial charge in [-0.25, -0.2) is 0 Å². The summed E-state index contributed by atoms with van der Waals surface area (Å²) in [6.07, 6.45) is -19.6. The minimum Gasteiger partial charge on any atom is -0.184 e. The molecule has 1 aliphatic rings. The maximum Gasteiger partial charge on any atom is 0.0920 e. The molecule has 0 aromatic heterocycles. The zero-order chi connectivity index (χ0) is 54.7. The van der Waals surface area contributed by atoms with E-state index in [2.05, 4.69) is 42.5 Å². The van der Waals surface area contributed by atoms with Gasteiger partial charge in [0.1, 0.15) is 0 Å². The van der Waals surface area contributed by atoms with Crippen LogP contribution in [0.25, 0.3) is 77.2 Å². The van der Waals surface area contributed by atoms with Crippen molar-refractivity contribution in [3.63, 3.8) is 0 Å². The average molecular weight is 1180 g/mol. The van der Waals surface area contributed by atoms with E-state index in [1.165, 1.54) is 21.5 Å². The summed E-state index contributed by atoms with van der Waals surface area (Å²) in [4.78, 5) is 0. The summed E-state index contributed by atoms with van der Waals surface area (Å²) in [6.45, 7) is 3.67. The standard InChI is InChI=1S/2C24H15F6.C12H7Si.2ClH.Zr/c2*1-14-9-16-7-8-20(15-5-3-2-4-6-15)22(21(16)10-14)17-11-18(23(25,26)27)13-19(12-17)24(28,29)30;1-3-7-11-9(5-1)10-6-2-4-8-12(10)13-11;;;/h2*2-13H,1H3;1-7H;2*1H;/q3*-1;;;+2/p-2. The van der Waals surface area contributed by atoms with Crippen molar-refractivity contribution < 1.29 is 73.5 Å². The van der Waals surface area contributed by atoms with E-state index in [-0.39, 0.29) is 23.3 Å². The van der Waals surface area contributed by atoms with Crippen LogP contribution in [0.2, 0.25) is 0 Å². The Morgan fingerprint density at radius 3 is 1.17 bits per heavy atom. The smallest absolute Gasteiger partial charge is 0.0920 e. The number of benzene rings is 8. The molecule has 0 spiro atoms. The molecule has 0 saturated carbocycles. The van der Waals surface area contributed by atoms with Crippen molar-refractivity contribution in [1.29, 1.82) is 0 Å². The summed E-state index contributed by atoms with van der Waals surface area (Å²) in [6, 6.07) is 53.8. The molecule has 0 N–H and O–H groups in total. The number of halogens is 14. The van der Waals surface area contributed by atoms with Gasteiger partial charge in [0.15, 0.2) is 0 Å². The van der Waals surface area contributed by atoms with E-state index in [0.29, 0.717) is 44.2 Å². The number of rotatable bonds is 4. The molecule has 0 atom stereocenters. The van der Waals surface area contributed by atoms with Gasteiger partial charge in [-0.1, -0.05) is 133 Å². The van der Waals surface area contributed by atoms with Crippen molar-refractivity contribution in [3.05, 3.63) is 228 Å². The first-order valence-corrected chi connectivity index (χ1v) is 30.2. The number of hydrogen-bond donors (Lipinski definition) is 0. The topological polar surface area (TPSA) is 0 Å². The molecule has 0 saturated heterocycles. The molecule has 0 nitrogen and oxygen atoms in total. The second-order valence-electron chi connectivity index (χ2n) is 17.6. The third kappa shape index (κ3) is 12.8. The summed E-state index contributed by atoms with van der Waals surface area (Å²) in [5, 5.41) is 5.56. The van der Waals surface area contributed by atoms with Crippen LogP contribution in [0.15, 0.2) is 188 Å². The summed E-state index contributed by atoms with van der Waals surface area (Å²) in [5.74, 6) is 0. The molecule has 0 unspecified atom stereocenters. The average Bonchev–Trinajstić information content (AvgIpc) is 4.11. The van der Waals surface area contributed by atoms with E-state index in [1.807, 2.05) is 44.2 Å². The first kappa shape index (κ1) is 56.0. The van der Waals surface area contributed by atoms with E-state index in [9.17, 15) is 52.7 Å². The molecule has 0 amide bonds. The SMILES string of the molecule is Cc1cc2c(-c3cc(C(F)(F)F)cc(C(F)(F)F)c3)c(-c3ccccc3)ccc2[cH-]1.Cc1cc2c(-c3cc(C(F)(F)F)cc(C(F)(F)F)c3)c(-c3ccccc3)ccc2[cH-]1.[Cl][Zr][Cl].[c-]1cccc2c1[Si]c1ccccc1-2. The van der Waals surface area contributed by atoms with E-state index in [1.54, 1.807) is 84.9 Å². The number of hydrogen-bond acceptors (Lipinski definition) is 0. The van der Waals surface area contributed by atoms with Gasteiger partial charge in [-0.2, -0.15) is 94.3 Å². The molecule has 386 valence electrons. The zero-order valence-corrected chi connectivity index (χ0v) is 44.7. The first-order valence-electron chi connectivity index (χ1n) is 22.9. The van der Waals surface area contributed by atoms with Gasteiger partial charge in [0.05, 0.1) is 31.8 Å². The Morgan fingerprint density at radius 1 is 0.408 bits per heavy atom. The van der Waals surface area contributed by atoms with Crippen LogP contribution >= 0.6 is 17.0 Å². The number of aryl methyl sites for hydroxylation is 2. The molecule has 1 aliphatic heterocycles. The Bertz CT molecular complexity index is 3350. The Labute approximate surface area is 450 Å². The van der Waals surface area contributed by atoms with Crippen molar-refractivity contribution in [1.82, 2.24) is 0 Å². The second kappa shape index (κ2) is 22.8. The van der Waals surface area contributed by atoms with Crippen LogP contribution in [0.3, 0.4) is 0 Å². The van der Waals surface area contributed by atoms with Crippen LogP contribution < -0.4 is 10.4 Å². The molecule has 2 radical (unpaired) electrons. The van der Waals surface area contributed by atoms with Gasteiger partial charge in [-0.3, -0.25) is 0 Å². The molecule has 11 rings (SSSR count). The molecular formula is C60H37Cl2F12SiZr-3. The maximum atomic E-state index is 13.4. The minimum atomic E-state index is -4.90. The predicted octanol–water partition coefficient (Wildman–Crippen LogP) is 19.0. The number of alkyl halides is 12. The van der Waals surface area contributed by atoms with Crippen molar-refractivity contribution in [2.75, 3.05) is 0 Å². The fourth-order valence-electron chi connectivity index (χ4n) is 9.13. The summed E-state index contributed by atoms with van der Waals surface area (Å²) in [5.41, 5.74) is 2.23. The Hall–Kier alpha value is -6.18. The van der Waals surface area contributed by atoms with Gasteiger partial charge in [-0.15, -0.1) is 62.5 Å². The van der Waals surface area contributed by atoms with Crippen LogP contribution in [0.1, 0.15) is 33.4 Å². The monoisotopic (exact) mass is 1170 g/mol. The predicted molar refractivity (Wildman–Crippen MR) is 278 cm³/mol. The van der Waals surface area contributed by atoms with Crippen LogP contribution in [-0.2, 0) is 45.6 Å². The molecule has 0 aliphatic carbocycles. The van der Waals surface area contributed by atoms with E-state index in [0.717, 1.165) is 55.7 Å². The molecule has 0 bridgehead atoms. The van der Waals surface area contributed by atoms with E-state index in [4.69, 9.17) is 17.0 Å². The third-order valence-electron chi connectivity index (χ3n) is 12.3. The largest absolute Gasteiger partial charge is 0.184 e. The van der Waals surface area contributed by atoms with Crippen molar-refractivity contribution >= 4 is 58.5 Å². The number of fused-ring (bicyclic) bond motifs is 5. The molecule has 76 heavy (non-hydrogen) atoms. The van der Waals surface area contributed by atoms with E-state index < -0.39 is 67.8 Å². The van der Waals surface area contributed by atoms with Gasteiger partial charge in [0.25, 0.3) is 0 Å². The fraction of sp³-hybridized carbons (Fsp3) is 0.100. The van der Waals surface area contributed by atoms with Crippen LogP contribution in [-0.4, -0.2) is 9.52 Å². The van der Waals surface area contributed by atoms with Gasteiger partial charge < -0.3 is 0 Å². The quantitative estimate of drug-likeness (QED) is 0.0936. The Balaban J connectivity index is 0.000000157. The second-order valence-corrected chi connectivity index (χ2v) is 22.6. The van der Waals surface area contributed by atoms with Crippen molar-refractivity contribution in [2.24, 2.45) is 0 Å². The molecule has 10 aromatic rings. The molecule has 16 heteroatoms. The molecule has 1 heterocycles. The van der Waals surface area contributed by atoms with Gasteiger partial charge in [-0.05, 0) is 69.8 Å². The van der Waals surface area contributed by atoms with Crippen LogP contribution in [0.5, 0.6) is 0 Å². The Kier molecular flexibility index (Phi) is 16.8. The minimum absolute atomic E-state index is 0.118. The molecule has 10 aromatic carbocycles. The van der Waals surface area contributed by atoms with Crippen molar-refractivity contribution in [3.8, 4) is 55.6 Å². The summed E-state index contributed by atoms with van der Waals surface area (Å²) >= 11 is -0.826.